The van der Waals surface area contributed by atoms with Gasteiger partial charge in [0.25, 0.3) is 5.91 Å². The van der Waals surface area contributed by atoms with Gasteiger partial charge in [-0.1, -0.05) is 0 Å². The van der Waals surface area contributed by atoms with Gasteiger partial charge >= 0.3 is 12.1 Å². The molecule has 3 amide bonds. The lowest BCUT2D eigenvalue weighted by Gasteiger charge is -2.24. The lowest BCUT2D eigenvalue weighted by atomic mass is 10.1. The number of hydrogen-bond donors (Lipinski definition) is 2. The number of cyclic esters (lactones) is 1. The van der Waals surface area contributed by atoms with E-state index in [4.69, 9.17) is 14.7 Å². The molecule has 0 bridgehead atoms. The van der Waals surface area contributed by atoms with Crippen LogP contribution in [0.2, 0.25) is 0 Å². The van der Waals surface area contributed by atoms with Crippen molar-refractivity contribution < 1.29 is 42.6 Å². The number of carbonyl (C=O) groups excluding carboxylic acids is 3. The van der Waals surface area contributed by atoms with Crippen molar-refractivity contribution >= 4 is 35.3 Å². The molecule has 2 aliphatic rings. The highest BCUT2D eigenvalue weighted by Crippen LogP contribution is 2.31. The molecule has 196 valence electrons. The lowest BCUT2D eigenvalue weighted by Crippen LogP contribution is -2.35. The van der Waals surface area contributed by atoms with Crippen LogP contribution in [0.25, 0.3) is 0 Å². The maximum absolute atomic E-state index is 15.1. The van der Waals surface area contributed by atoms with Crippen molar-refractivity contribution in [1.29, 1.82) is 0 Å². The summed E-state index contributed by atoms with van der Waals surface area (Å²) >= 11 is 0. The third-order valence-corrected chi connectivity index (χ3v) is 5.87. The van der Waals surface area contributed by atoms with E-state index < -0.39 is 35.7 Å². The van der Waals surface area contributed by atoms with Gasteiger partial charge in [0.1, 0.15) is 11.8 Å². The minimum absolute atomic E-state index is 0.0105. The van der Waals surface area contributed by atoms with Gasteiger partial charge < -0.3 is 20.1 Å². The van der Waals surface area contributed by atoms with Crippen molar-refractivity contribution in [3.8, 4) is 0 Å². The van der Waals surface area contributed by atoms with Crippen LogP contribution in [0.4, 0.5) is 25.0 Å². The summed E-state index contributed by atoms with van der Waals surface area (Å²) in [4.78, 5) is 55.0. The number of nitrogens with zero attached hydrogens (tertiary/aromatic N) is 3. The summed E-state index contributed by atoms with van der Waals surface area (Å²) in [5, 5.41) is 12.6. The maximum Gasteiger partial charge on any atom is 0.414 e. The smallest absolute Gasteiger partial charge is 0.414 e. The molecule has 2 aromatic rings. The van der Waals surface area contributed by atoms with Crippen molar-refractivity contribution in [2.45, 2.75) is 13.0 Å². The summed E-state index contributed by atoms with van der Waals surface area (Å²) in [5.41, 5.74) is -0.120. The van der Waals surface area contributed by atoms with Crippen molar-refractivity contribution in [3.05, 3.63) is 59.2 Å². The van der Waals surface area contributed by atoms with Gasteiger partial charge in [-0.2, -0.15) is 0 Å². The van der Waals surface area contributed by atoms with E-state index in [0.717, 1.165) is 22.1 Å². The number of halogens is 2. The predicted octanol–water partition coefficient (Wildman–Crippen LogP) is 2.02. The molecule has 0 unspecified atom stereocenters. The van der Waals surface area contributed by atoms with Crippen LogP contribution in [-0.4, -0.2) is 79.5 Å². The van der Waals surface area contributed by atoms with E-state index in [9.17, 15) is 19.2 Å². The number of carboxylic acids is 1. The highest BCUT2D eigenvalue weighted by Gasteiger charge is 2.34. The van der Waals surface area contributed by atoms with Gasteiger partial charge in [0, 0.05) is 37.7 Å². The number of benzene rings is 2. The van der Waals surface area contributed by atoms with E-state index in [2.05, 4.69) is 5.32 Å². The summed E-state index contributed by atoms with van der Waals surface area (Å²) in [7, 11) is 0. The molecule has 37 heavy (non-hydrogen) atoms. The Bertz CT molecular complexity index is 1200. The summed E-state index contributed by atoms with van der Waals surface area (Å²) in [6.45, 7) is 1.49. The molecule has 2 aromatic carbocycles. The standard InChI is InChI=1S/C24H24F2N4O7/c1-14(31)27-12-18-13-29(24(35)37-18)17-10-19(25)21(20(26)11-17)28-6-7-30(36-9-8-28)22(32)15-2-4-16(5-3-15)23(33)34/h2-5,10-11,18H,6-9,12-13H2,1H3,(H,27,31)(H,33,34)/t18-/m0/s1. The summed E-state index contributed by atoms with van der Waals surface area (Å²) < 4.78 is 35.3. The number of carbonyl (C=O) groups is 4. The van der Waals surface area contributed by atoms with Crippen molar-refractivity contribution in [2.75, 3.05) is 49.1 Å². The molecule has 2 aliphatic heterocycles. The average Bonchev–Trinajstić information content (AvgIpc) is 3.06. The molecule has 11 nitrogen and oxygen atoms in total. The predicted molar refractivity (Wildman–Crippen MR) is 125 cm³/mol. The first-order valence-electron chi connectivity index (χ1n) is 11.4. The molecule has 2 N–H and O–H groups in total. The maximum atomic E-state index is 15.1. The number of nitrogens with one attached hydrogen (secondary N) is 1. The summed E-state index contributed by atoms with van der Waals surface area (Å²) in [6, 6.07) is 7.37. The Morgan fingerprint density at radius 2 is 1.70 bits per heavy atom. The minimum atomic E-state index is -1.12. The number of anilines is 2. The Kier molecular flexibility index (Phi) is 7.53. The second-order valence-corrected chi connectivity index (χ2v) is 8.42. The Balaban J connectivity index is 1.44. The average molecular weight is 518 g/mol. The quantitative estimate of drug-likeness (QED) is 0.595. The second-order valence-electron chi connectivity index (χ2n) is 8.42. The molecular weight excluding hydrogens is 494 g/mol. The molecule has 2 fully saturated rings. The normalized spacial score (nSPS) is 17.9. The highest BCUT2D eigenvalue weighted by atomic mass is 19.1. The fourth-order valence-corrected chi connectivity index (χ4v) is 4.04. The first kappa shape index (κ1) is 25.8. The first-order valence-corrected chi connectivity index (χ1v) is 11.4. The Morgan fingerprint density at radius 1 is 1.05 bits per heavy atom. The molecule has 0 spiro atoms. The van der Waals surface area contributed by atoms with Crippen LogP contribution in [0, 0.1) is 11.6 Å². The summed E-state index contributed by atoms with van der Waals surface area (Å²) in [6.07, 6.45) is -1.44. The Morgan fingerprint density at radius 3 is 2.32 bits per heavy atom. The van der Waals surface area contributed by atoms with Gasteiger partial charge in [-0.05, 0) is 24.3 Å². The SMILES string of the molecule is CC(=O)NC[C@H]1CN(c2cc(F)c(N3CCON(C(=O)c4ccc(C(=O)O)cc4)CC3)c(F)c2)C(=O)O1. The number of ether oxygens (including phenoxy) is 1. The molecule has 0 aromatic heterocycles. The fraction of sp³-hybridized carbons (Fsp3) is 0.333. The van der Waals surface area contributed by atoms with E-state index in [1.807, 2.05) is 0 Å². The van der Waals surface area contributed by atoms with Crippen LogP contribution < -0.4 is 15.1 Å². The number of carboxylic acid groups (broad SMARTS) is 1. The molecule has 2 heterocycles. The molecule has 0 aliphatic carbocycles. The number of hydrogen-bond acceptors (Lipinski definition) is 7. The highest BCUT2D eigenvalue weighted by molar-refractivity contribution is 5.95. The van der Waals surface area contributed by atoms with Crippen LogP contribution in [0.5, 0.6) is 0 Å². The van der Waals surface area contributed by atoms with E-state index in [1.165, 1.54) is 36.1 Å². The number of amides is 3. The van der Waals surface area contributed by atoms with Crippen LogP contribution in [0.3, 0.4) is 0 Å². The van der Waals surface area contributed by atoms with Crippen LogP contribution >= 0.6 is 0 Å². The molecule has 0 radical (unpaired) electrons. The van der Waals surface area contributed by atoms with Crippen LogP contribution in [0.1, 0.15) is 27.6 Å². The topological polar surface area (TPSA) is 129 Å². The van der Waals surface area contributed by atoms with Gasteiger partial charge in [-0.25, -0.2) is 23.4 Å². The van der Waals surface area contributed by atoms with E-state index in [0.29, 0.717) is 0 Å². The number of rotatable bonds is 6. The van der Waals surface area contributed by atoms with Gasteiger partial charge in [-0.15, -0.1) is 0 Å². The number of aromatic carboxylic acids is 1. The first-order chi connectivity index (χ1) is 17.6. The van der Waals surface area contributed by atoms with E-state index in [-0.39, 0.29) is 67.7 Å². The molecule has 2 saturated heterocycles. The van der Waals surface area contributed by atoms with E-state index in [1.54, 1.807) is 0 Å². The monoisotopic (exact) mass is 518 g/mol. The number of hydroxylamine groups is 2. The van der Waals surface area contributed by atoms with Crippen molar-refractivity contribution in [2.24, 2.45) is 0 Å². The largest absolute Gasteiger partial charge is 0.478 e. The zero-order valence-corrected chi connectivity index (χ0v) is 19.8. The van der Waals surface area contributed by atoms with Crippen LogP contribution in [-0.2, 0) is 14.4 Å². The Hall–Kier alpha value is -4.26. The molecule has 0 saturated carbocycles. The minimum Gasteiger partial charge on any atom is -0.478 e. The van der Waals surface area contributed by atoms with Gasteiger partial charge in [0.2, 0.25) is 5.91 Å². The third kappa shape index (κ3) is 5.77. The van der Waals surface area contributed by atoms with Crippen molar-refractivity contribution in [3.63, 3.8) is 0 Å². The second kappa shape index (κ2) is 10.8. The third-order valence-electron chi connectivity index (χ3n) is 5.87. The molecule has 4 rings (SSSR count). The zero-order chi connectivity index (χ0) is 26.7. The summed E-state index contributed by atoms with van der Waals surface area (Å²) in [5.74, 6) is -3.75. The molecule has 13 heteroatoms. The van der Waals surface area contributed by atoms with E-state index >= 15 is 8.78 Å². The van der Waals surface area contributed by atoms with Gasteiger partial charge in [0.05, 0.1) is 37.5 Å². The molecular formula is C24H24F2N4O7. The molecule has 1 atom stereocenters. The zero-order valence-electron chi connectivity index (χ0n) is 19.8. The fourth-order valence-electron chi connectivity index (χ4n) is 4.04. The lowest BCUT2D eigenvalue weighted by molar-refractivity contribution is -0.119. The van der Waals surface area contributed by atoms with Crippen LogP contribution in [0.15, 0.2) is 36.4 Å². The Labute approximate surface area is 210 Å². The van der Waals surface area contributed by atoms with Gasteiger partial charge in [0.15, 0.2) is 11.6 Å². The van der Waals surface area contributed by atoms with Gasteiger partial charge in [-0.3, -0.25) is 19.3 Å². The van der Waals surface area contributed by atoms with Crippen molar-refractivity contribution in [1.82, 2.24) is 10.4 Å².